The molecule has 0 saturated carbocycles. The first-order chi connectivity index (χ1) is 9.72. The molecule has 0 spiro atoms. The van der Waals surface area contributed by atoms with Crippen molar-refractivity contribution in [2.24, 2.45) is 0 Å². The van der Waals surface area contributed by atoms with Crippen LogP contribution in [0.25, 0.3) is 10.8 Å². The maximum atomic E-state index is 12.0. The molecule has 0 atom stereocenters. The summed E-state index contributed by atoms with van der Waals surface area (Å²) >= 11 is 3.44. The Morgan fingerprint density at radius 1 is 0.850 bits per heavy atom. The van der Waals surface area contributed by atoms with Gasteiger partial charge in [-0.25, -0.2) is 4.79 Å². The lowest BCUT2D eigenvalue weighted by Crippen LogP contribution is -2.07. The molecule has 0 amide bonds. The molecular formula is C17H11BrO2. The van der Waals surface area contributed by atoms with Crippen molar-refractivity contribution in [1.82, 2.24) is 0 Å². The van der Waals surface area contributed by atoms with Crippen LogP contribution in [-0.4, -0.2) is 5.97 Å². The molecule has 0 saturated heterocycles. The highest BCUT2D eigenvalue weighted by Crippen LogP contribution is 2.24. The topological polar surface area (TPSA) is 26.3 Å². The zero-order chi connectivity index (χ0) is 13.9. The van der Waals surface area contributed by atoms with Crippen LogP contribution in [0.4, 0.5) is 0 Å². The molecule has 0 heterocycles. The zero-order valence-corrected chi connectivity index (χ0v) is 12.1. The summed E-state index contributed by atoms with van der Waals surface area (Å²) < 4.78 is 6.41. The molecular weight excluding hydrogens is 316 g/mol. The minimum atomic E-state index is -0.345. The number of rotatable bonds is 2. The second-order valence-electron chi connectivity index (χ2n) is 4.41. The lowest BCUT2D eigenvalue weighted by Gasteiger charge is -2.06. The predicted molar refractivity (Wildman–Crippen MR) is 83.0 cm³/mol. The average molecular weight is 327 g/mol. The molecule has 0 N–H and O–H groups in total. The Morgan fingerprint density at radius 3 is 2.35 bits per heavy atom. The number of ether oxygens (including phenoxy) is 1. The number of halogens is 1. The number of benzene rings is 3. The molecule has 0 unspecified atom stereocenters. The van der Waals surface area contributed by atoms with E-state index in [1.807, 2.05) is 48.5 Å². The molecule has 0 fully saturated rings. The van der Waals surface area contributed by atoms with Gasteiger partial charge in [0.1, 0.15) is 5.75 Å². The third-order valence-electron chi connectivity index (χ3n) is 2.99. The van der Waals surface area contributed by atoms with Crippen molar-refractivity contribution in [1.29, 1.82) is 0 Å². The molecule has 0 aliphatic carbocycles. The summed E-state index contributed by atoms with van der Waals surface area (Å²) in [5, 5.41) is 2.13. The number of carbonyl (C=O) groups is 1. The first-order valence-electron chi connectivity index (χ1n) is 6.19. The molecule has 0 aliphatic heterocycles. The third-order valence-corrected chi connectivity index (χ3v) is 3.49. The van der Waals surface area contributed by atoms with E-state index in [-0.39, 0.29) is 5.97 Å². The Bertz CT molecular complexity index is 766. The fourth-order valence-corrected chi connectivity index (χ4v) is 2.38. The summed E-state index contributed by atoms with van der Waals surface area (Å²) in [6.45, 7) is 0. The van der Waals surface area contributed by atoms with Gasteiger partial charge in [-0.15, -0.1) is 0 Å². The van der Waals surface area contributed by atoms with Gasteiger partial charge in [-0.2, -0.15) is 0 Å². The van der Waals surface area contributed by atoms with E-state index in [4.69, 9.17) is 4.74 Å². The van der Waals surface area contributed by atoms with Gasteiger partial charge in [-0.1, -0.05) is 46.3 Å². The monoisotopic (exact) mass is 326 g/mol. The smallest absolute Gasteiger partial charge is 0.343 e. The van der Waals surface area contributed by atoms with E-state index < -0.39 is 0 Å². The van der Waals surface area contributed by atoms with Crippen LogP contribution in [0, 0.1) is 0 Å². The normalized spacial score (nSPS) is 10.4. The second kappa shape index (κ2) is 5.47. The number of fused-ring (bicyclic) bond motifs is 1. The van der Waals surface area contributed by atoms with Gasteiger partial charge in [0.15, 0.2) is 0 Å². The van der Waals surface area contributed by atoms with Gasteiger partial charge < -0.3 is 4.74 Å². The van der Waals surface area contributed by atoms with Crippen molar-refractivity contribution < 1.29 is 9.53 Å². The van der Waals surface area contributed by atoms with E-state index in [1.165, 1.54) is 0 Å². The van der Waals surface area contributed by atoms with Crippen molar-refractivity contribution in [2.75, 3.05) is 0 Å². The lowest BCUT2D eigenvalue weighted by molar-refractivity contribution is 0.0735. The van der Waals surface area contributed by atoms with Crippen molar-refractivity contribution in [3.05, 3.63) is 76.8 Å². The SMILES string of the molecule is O=C(Oc1ccc2cc(Br)ccc2c1)c1ccccc1. The van der Waals surface area contributed by atoms with E-state index in [0.717, 1.165) is 15.2 Å². The van der Waals surface area contributed by atoms with E-state index in [2.05, 4.69) is 15.9 Å². The predicted octanol–water partition coefficient (Wildman–Crippen LogP) is 4.82. The van der Waals surface area contributed by atoms with E-state index >= 15 is 0 Å². The number of hydrogen-bond donors (Lipinski definition) is 0. The van der Waals surface area contributed by atoms with Gasteiger partial charge in [0.05, 0.1) is 5.56 Å². The van der Waals surface area contributed by atoms with Crippen LogP contribution in [-0.2, 0) is 0 Å². The Hall–Kier alpha value is -2.13. The summed E-state index contributed by atoms with van der Waals surface area (Å²) in [4.78, 5) is 12.0. The molecule has 0 aliphatic rings. The quantitative estimate of drug-likeness (QED) is 0.498. The van der Waals surface area contributed by atoms with Crippen molar-refractivity contribution in [3.63, 3.8) is 0 Å². The van der Waals surface area contributed by atoms with Crippen molar-refractivity contribution in [3.8, 4) is 5.75 Å². The van der Waals surface area contributed by atoms with Gasteiger partial charge in [0.2, 0.25) is 0 Å². The molecule has 2 nitrogen and oxygen atoms in total. The van der Waals surface area contributed by atoms with Gasteiger partial charge in [0, 0.05) is 4.47 Å². The first kappa shape index (κ1) is 12.9. The van der Waals surface area contributed by atoms with Crippen molar-refractivity contribution >= 4 is 32.7 Å². The maximum absolute atomic E-state index is 12.0. The Morgan fingerprint density at radius 2 is 1.55 bits per heavy atom. The third kappa shape index (κ3) is 2.73. The standard InChI is InChI=1S/C17H11BrO2/c18-15-8-6-14-11-16(9-7-13(14)10-15)20-17(19)12-4-2-1-3-5-12/h1-11H. The summed E-state index contributed by atoms with van der Waals surface area (Å²) in [7, 11) is 0. The largest absolute Gasteiger partial charge is 0.423 e. The van der Waals surface area contributed by atoms with Gasteiger partial charge >= 0.3 is 5.97 Å². The van der Waals surface area contributed by atoms with Crippen LogP contribution >= 0.6 is 15.9 Å². The fourth-order valence-electron chi connectivity index (χ4n) is 2.00. The highest BCUT2D eigenvalue weighted by molar-refractivity contribution is 9.10. The van der Waals surface area contributed by atoms with E-state index in [1.54, 1.807) is 18.2 Å². The molecule has 3 heteroatoms. The first-order valence-corrected chi connectivity index (χ1v) is 6.98. The van der Waals surface area contributed by atoms with Crippen molar-refractivity contribution in [2.45, 2.75) is 0 Å². The van der Waals surface area contributed by atoms with Crippen LogP contribution in [0.1, 0.15) is 10.4 Å². The van der Waals surface area contributed by atoms with Crippen LogP contribution in [0.2, 0.25) is 0 Å². The molecule has 3 aromatic rings. The molecule has 3 aromatic carbocycles. The van der Waals surface area contributed by atoms with Gasteiger partial charge in [0.25, 0.3) is 0 Å². The Labute approximate surface area is 125 Å². The number of carbonyl (C=O) groups excluding carboxylic acids is 1. The minimum Gasteiger partial charge on any atom is -0.423 e. The molecule has 3 rings (SSSR count). The molecule has 0 bridgehead atoms. The van der Waals surface area contributed by atoms with Crippen LogP contribution in [0.3, 0.4) is 0 Å². The minimum absolute atomic E-state index is 0.345. The van der Waals surface area contributed by atoms with Crippen LogP contribution < -0.4 is 4.74 Å². The summed E-state index contributed by atoms with van der Waals surface area (Å²) in [6, 6.07) is 20.5. The lowest BCUT2D eigenvalue weighted by atomic mass is 10.1. The average Bonchev–Trinajstić information content (AvgIpc) is 2.48. The molecule has 0 radical (unpaired) electrons. The molecule has 20 heavy (non-hydrogen) atoms. The maximum Gasteiger partial charge on any atom is 0.343 e. The van der Waals surface area contributed by atoms with Gasteiger partial charge in [-0.05, 0) is 47.2 Å². The fraction of sp³-hybridized carbons (Fsp3) is 0. The summed E-state index contributed by atoms with van der Waals surface area (Å²) in [5.74, 6) is 0.204. The van der Waals surface area contributed by atoms with Gasteiger partial charge in [-0.3, -0.25) is 0 Å². The molecule has 98 valence electrons. The highest BCUT2D eigenvalue weighted by Gasteiger charge is 2.08. The van der Waals surface area contributed by atoms with Crippen LogP contribution in [0.15, 0.2) is 71.2 Å². The van der Waals surface area contributed by atoms with Crippen LogP contribution in [0.5, 0.6) is 5.75 Å². The summed E-state index contributed by atoms with van der Waals surface area (Å²) in [5.41, 5.74) is 0.545. The summed E-state index contributed by atoms with van der Waals surface area (Å²) in [6.07, 6.45) is 0. The zero-order valence-electron chi connectivity index (χ0n) is 10.5. The number of esters is 1. The Kier molecular flexibility index (Phi) is 3.52. The molecule has 0 aromatic heterocycles. The van der Waals surface area contributed by atoms with E-state index in [0.29, 0.717) is 11.3 Å². The number of hydrogen-bond acceptors (Lipinski definition) is 2. The second-order valence-corrected chi connectivity index (χ2v) is 5.32. The Balaban J connectivity index is 1.88. The highest BCUT2D eigenvalue weighted by atomic mass is 79.9. The van der Waals surface area contributed by atoms with E-state index in [9.17, 15) is 4.79 Å².